The van der Waals surface area contributed by atoms with Crippen LogP contribution in [-0.2, 0) is 13.2 Å². The van der Waals surface area contributed by atoms with E-state index in [0.717, 1.165) is 11.1 Å². The Bertz CT molecular complexity index is 1280. The van der Waals surface area contributed by atoms with Gasteiger partial charge in [-0.3, -0.25) is 14.4 Å². The summed E-state index contributed by atoms with van der Waals surface area (Å²) in [5.74, 6) is 0.648. The molecule has 0 saturated heterocycles. The van der Waals surface area contributed by atoms with Crippen molar-refractivity contribution in [3.05, 3.63) is 128 Å². The van der Waals surface area contributed by atoms with Gasteiger partial charge in [0.05, 0.1) is 12.5 Å². The van der Waals surface area contributed by atoms with Crippen LogP contribution in [0, 0.1) is 6.92 Å². The van der Waals surface area contributed by atoms with Crippen LogP contribution in [0.2, 0.25) is 0 Å². The Morgan fingerprint density at radius 1 is 0.697 bits per heavy atom. The van der Waals surface area contributed by atoms with Crippen LogP contribution >= 0.6 is 0 Å². The molecule has 7 heteroatoms. The number of carbonyl (C=O) groups excluding carboxylic acids is 1. The van der Waals surface area contributed by atoms with Crippen molar-refractivity contribution in [3.8, 4) is 11.5 Å². The van der Waals surface area contributed by atoms with E-state index in [1.807, 2.05) is 60.7 Å². The standard InChI is InChI=1S/C13H10O4.C13H12O3/c14-8-12-13(11(15)6-7-16-12)17-9-10-4-2-1-3-5-10;1-10-13(12(14)7-8-15-10)16-9-11-5-3-2-4-6-11/h1-8H,9H2;2-8H,9H2,1H3. The molecule has 0 aliphatic rings. The summed E-state index contributed by atoms with van der Waals surface area (Å²) >= 11 is 0. The molecule has 0 radical (unpaired) electrons. The Labute approximate surface area is 189 Å². The van der Waals surface area contributed by atoms with Crippen LogP contribution in [0.25, 0.3) is 0 Å². The Hall–Kier alpha value is -4.39. The molecule has 7 nitrogen and oxygen atoms in total. The van der Waals surface area contributed by atoms with Gasteiger partial charge in [0.2, 0.25) is 28.1 Å². The fourth-order valence-corrected chi connectivity index (χ4v) is 2.78. The van der Waals surface area contributed by atoms with Gasteiger partial charge >= 0.3 is 0 Å². The molecule has 4 rings (SSSR count). The molecule has 0 aliphatic heterocycles. The van der Waals surface area contributed by atoms with E-state index in [-0.39, 0.29) is 34.7 Å². The maximum absolute atomic E-state index is 11.5. The first-order valence-electron chi connectivity index (χ1n) is 10.1. The molecule has 0 aliphatic carbocycles. The van der Waals surface area contributed by atoms with E-state index >= 15 is 0 Å². The summed E-state index contributed by atoms with van der Waals surface area (Å²) in [5.41, 5.74) is 1.41. The molecule has 33 heavy (non-hydrogen) atoms. The topological polar surface area (TPSA) is 96.0 Å². The van der Waals surface area contributed by atoms with Crippen LogP contribution in [0.1, 0.15) is 27.4 Å². The molecular weight excluding hydrogens is 424 g/mol. The van der Waals surface area contributed by atoms with Gasteiger partial charge in [-0.2, -0.15) is 0 Å². The minimum Gasteiger partial charge on any atom is -0.482 e. The van der Waals surface area contributed by atoms with Crippen molar-refractivity contribution in [2.75, 3.05) is 0 Å². The predicted octanol–water partition coefficient (Wildman–Crippen LogP) is 4.56. The maximum Gasteiger partial charge on any atom is 0.227 e. The molecule has 0 unspecified atom stereocenters. The highest BCUT2D eigenvalue weighted by molar-refractivity contribution is 5.74. The van der Waals surface area contributed by atoms with E-state index in [1.165, 1.54) is 24.7 Å². The van der Waals surface area contributed by atoms with Gasteiger partial charge in [0.1, 0.15) is 19.0 Å². The van der Waals surface area contributed by atoms with Gasteiger partial charge in [-0.1, -0.05) is 60.7 Å². The number of ether oxygens (including phenoxy) is 2. The quantitative estimate of drug-likeness (QED) is 0.384. The molecular formula is C26H22O7. The number of hydrogen-bond donors (Lipinski definition) is 0. The summed E-state index contributed by atoms with van der Waals surface area (Å²) in [6.45, 7) is 2.30. The Balaban J connectivity index is 0.000000186. The van der Waals surface area contributed by atoms with E-state index < -0.39 is 0 Å². The third kappa shape index (κ3) is 6.80. The molecule has 2 aromatic carbocycles. The first-order chi connectivity index (χ1) is 16.1. The molecule has 4 aromatic rings. The van der Waals surface area contributed by atoms with E-state index in [4.69, 9.17) is 18.3 Å². The van der Waals surface area contributed by atoms with E-state index in [0.29, 0.717) is 18.7 Å². The highest BCUT2D eigenvalue weighted by Crippen LogP contribution is 2.13. The van der Waals surface area contributed by atoms with Gasteiger partial charge < -0.3 is 18.3 Å². The van der Waals surface area contributed by atoms with Crippen molar-refractivity contribution in [1.82, 2.24) is 0 Å². The van der Waals surface area contributed by atoms with Gasteiger partial charge in [-0.25, -0.2) is 0 Å². The summed E-state index contributed by atoms with van der Waals surface area (Å²) in [7, 11) is 0. The van der Waals surface area contributed by atoms with Gasteiger partial charge in [-0.05, 0) is 18.1 Å². The van der Waals surface area contributed by atoms with Crippen molar-refractivity contribution < 1.29 is 23.1 Å². The van der Waals surface area contributed by atoms with Gasteiger partial charge in [0.15, 0.2) is 6.29 Å². The fraction of sp³-hybridized carbons (Fsp3) is 0.115. The number of aldehydes is 1. The van der Waals surface area contributed by atoms with Crippen molar-refractivity contribution in [3.63, 3.8) is 0 Å². The first-order valence-corrected chi connectivity index (χ1v) is 10.1. The van der Waals surface area contributed by atoms with Crippen LogP contribution in [0.4, 0.5) is 0 Å². The van der Waals surface area contributed by atoms with Crippen LogP contribution in [-0.4, -0.2) is 6.29 Å². The monoisotopic (exact) mass is 446 g/mol. The largest absolute Gasteiger partial charge is 0.482 e. The van der Waals surface area contributed by atoms with Crippen LogP contribution < -0.4 is 20.3 Å². The minimum atomic E-state index is -0.366. The molecule has 0 fully saturated rings. The average Bonchev–Trinajstić information content (AvgIpc) is 2.84. The van der Waals surface area contributed by atoms with E-state index in [9.17, 15) is 14.4 Å². The van der Waals surface area contributed by atoms with E-state index in [2.05, 4.69) is 0 Å². The Kier molecular flexibility index (Phi) is 8.36. The summed E-state index contributed by atoms with van der Waals surface area (Å²) in [5, 5.41) is 0. The third-order valence-corrected chi connectivity index (χ3v) is 4.43. The highest BCUT2D eigenvalue weighted by atomic mass is 16.5. The second kappa shape index (κ2) is 11.9. The molecule has 0 amide bonds. The highest BCUT2D eigenvalue weighted by Gasteiger charge is 2.10. The number of carbonyl (C=O) groups is 1. The normalized spacial score (nSPS) is 9.97. The molecule has 0 bridgehead atoms. The average molecular weight is 446 g/mol. The SMILES string of the molecule is Cc1occc(=O)c1OCc1ccccc1.O=Cc1occc(=O)c1OCc1ccccc1. The van der Waals surface area contributed by atoms with Gasteiger partial charge in [0, 0.05) is 12.1 Å². The number of aryl methyl sites for hydroxylation is 1. The molecule has 0 saturated carbocycles. The number of benzene rings is 2. The lowest BCUT2D eigenvalue weighted by atomic mass is 10.2. The molecule has 168 valence electrons. The predicted molar refractivity (Wildman–Crippen MR) is 122 cm³/mol. The zero-order valence-corrected chi connectivity index (χ0v) is 17.9. The lowest BCUT2D eigenvalue weighted by molar-refractivity contribution is 0.109. The summed E-state index contributed by atoms with van der Waals surface area (Å²) in [6.07, 6.45) is 3.00. The number of rotatable bonds is 7. The van der Waals surface area contributed by atoms with Crippen LogP contribution in [0.3, 0.4) is 0 Å². The Morgan fingerprint density at radius 3 is 1.70 bits per heavy atom. The van der Waals surface area contributed by atoms with Gasteiger partial charge in [0.25, 0.3) is 0 Å². The zero-order valence-electron chi connectivity index (χ0n) is 17.9. The van der Waals surface area contributed by atoms with Crippen molar-refractivity contribution in [2.24, 2.45) is 0 Å². The van der Waals surface area contributed by atoms with Crippen molar-refractivity contribution in [2.45, 2.75) is 20.1 Å². The fourth-order valence-electron chi connectivity index (χ4n) is 2.78. The second-order valence-electron chi connectivity index (χ2n) is 6.81. The van der Waals surface area contributed by atoms with E-state index in [1.54, 1.807) is 6.92 Å². The summed E-state index contributed by atoms with van der Waals surface area (Å²) in [6, 6.07) is 21.6. The Morgan fingerprint density at radius 2 is 1.18 bits per heavy atom. The van der Waals surface area contributed by atoms with Crippen molar-refractivity contribution >= 4 is 6.29 Å². The molecule has 0 atom stereocenters. The second-order valence-corrected chi connectivity index (χ2v) is 6.81. The lowest BCUT2D eigenvalue weighted by Gasteiger charge is -2.06. The smallest absolute Gasteiger partial charge is 0.227 e. The molecule has 2 aromatic heterocycles. The van der Waals surface area contributed by atoms with Crippen LogP contribution in [0.15, 0.2) is 104 Å². The van der Waals surface area contributed by atoms with Crippen LogP contribution in [0.5, 0.6) is 11.5 Å². The number of hydrogen-bond acceptors (Lipinski definition) is 7. The maximum atomic E-state index is 11.5. The van der Waals surface area contributed by atoms with Crippen molar-refractivity contribution in [1.29, 1.82) is 0 Å². The molecule has 0 N–H and O–H groups in total. The van der Waals surface area contributed by atoms with Gasteiger partial charge in [-0.15, -0.1) is 0 Å². The summed E-state index contributed by atoms with van der Waals surface area (Å²) in [4.78, 5) is 33.6. The minimum absolute atomic E-state index is 0.0497. The zero-order chi connectivity index (χ0) is 23.5. The molecule has 2 heterocycles. The first kappa shape index (κ1) is 23.3. The third-order valence-electron chi connectivity index (χ3n) is 4.43. The molecule has 0 spiro atoms. The summed E-state index contributed by atoms with van der Waals surface area (Å²) < 4.78 is 20.7. The lowest BCUT2D eigenvalue weighted by Crippen LogP contribution is -2.09.